The number of hydrogen-bond donors (Lipinski definition) is 1. The second-order valence-corrected chi connectivity index (χ2v) is 6.47. The van der Waals surface area contributed by atoms with Crippen molar-refractivity contribution >= 4 is 28.5 Å². The lowest BCUT2D eigenvalue weighted by molar-refractivity contribution is -0.144. The van der Waals surface area contributed by atoms with E-state index in [4.69, 9.17) is 11.6 Å². The summed E-state index contributed by atoms with van der Waals surface area (Å²) in [6.07, 6.45) is 3.43. The molecule has 0 spiro atoms. The highest BCUT2D eigenvalue weighted by Crippen LogP contribution is 2.28. The van der Waals surface area contributed by atoms with Gasteiger partial charge in [0.25, 0.3) is 0 Å². The topological polar surface area (TPSA) is 53.4 Å². The Morgan fingerprint density at radius 2 is 2.27 bits per heavy atom. The van der Waals surface area contributed by atoms with Gasteiger partial charge in [-0.05, 0) is 43.5 Å². The third kappa shape index (κ3) is 3.08. The van der Waals surface area contributed by atoms with E-state index in [2.05, 4.69) is 16.8 Å². The Kier molecular flexibility index (Phi) is 4.32. The van der Waals surface area contributed by atoms with Gasteiger partial charge >= 0.3 is 5.97 Å². The Bertz CT molecular complexity index is 704. The summed E-state index contributed by atoms with van der Waals surface area (Å²) in [6.45, 7) is 3.41. The van der Waals surface area contributed by atoms with Crippen molar-refractivity contribution in [3.8, 4) is 0 Å². The van der Waals surface area contributed by atoms with Crippen LogP contribution in [0, 0.1) is 5.92 Å². The highest BCUT2D eigenvalue weighted by Gasteiger charge is 2.29. The first-order valence-corrected chi connectivity index (χ1v) is 7.92. The Labute approximate surface area is 134 Å². The summed E-state index contributed by atoms with van der Waals surface area (Å²) in [5.74, 6) is -0.986. The van der Waals surface area contributed by atoms with Gasteiger partial charge in [0.05, 0.1) is 11.4 Å². The fourth-order valence-electron chi connectivity index (χ4n) is 3.17. The number of pyridine rings is 1. The van der Waals surface area contributed by atoms with Crippen LogP contribution in [0.1, 0.15) is 25.3 Å². The summed E-state index contributed by atoms with van der Waals surface area (Å²) in [5, 5.41) is 11.0. The van der Waals surface area contributed by atoms with Gasteiger partial charge in [-0.25, -0.2) is 0 Å². The van der Waals surface area contributed by atoms with Crippen LogP contribution >= 0.6 is 11.6 Å². The number of halogens is 1. The van der Waals surface area contributed by atoms with Gasteiger partial charge < -0.3 is 5.11 Å². The number of rotatable bonds is 3. The van der Waals surface area contributed by atoms with E-state index in [1.165, 1.54) is 0 Å². The zero-order valence-electron chi connectivity index (χ0n) is 12.5. The van der Waals surface area contributed by atoms with Crippen molar-refractivity contribution in [3.05, 3.63) is 41.0 Å². The fraction of sp³-hybridized carbons (Fsp3) is 0.412. The molecule has 0 saturated carbocycles. The van der Waals surface area contributed by atoms with Gasteiger partial charge in [0.15, 0.2) is 0 Å². The number of benzene rings is 1. The fourth-order valence-corrected chi connectivity index (χ4v) is 3.42. The van der Waals surface area contributed by atoms with E-state index in [-0.39, 0.29) is 5.92 Å². The predicted octanol–water partition coefficient (Wildman–Crippen LogP) is 3.57. The number of piperidine rings is 1. The van der Waals surface area contributed by atoms with E-state index in [1.54, 1.807) is 6.20 Å². The number of carboxylic acids is 1. The summed E-state index contributed by atoms with van der Waals surface area (Å²) in [5.41, 5.74) is 2.00. The second kappa shape index (κ2) is 6.23. The number of nitrogens with zero attached hydrogens (tertiary/aromatic N) is 2. The van der Waals surface area contributed by atoms with Gasteiger partial charge in [0.1, 0.15) is 0 Å². The molecule has 0 bridgehead atoms. The van der Waals surface area contributed by atoms with E-state index in [1.807, 2.05) is 24.3 Å². The number of carboxylic acid groups (broad SMARTS) is 1. The van der Waals surface area contributed by atoms with Gasteiger partial charge in [0, 0.05) is 35.7 Å². The number of aliphatic carboxylic acids is 1. The van der Waals surface area contributed by atoms with Crippen molar-refractivity contribution in [3.63, 3.8) is 0 Å². The van der Waals surface area contributed by atoms with Gasteiger partial charge in [-0.2, -0.15) is 0 Å². The third-order valence-electron chi connectivity index (χ3n) is 4.48. The molecule has 22 heavy (non-hydrogen) atoms. The predicted molar refractivity (Wildman–Crippen MR) is 87.0 cm³/mol. The number of likely N-dealkylation sites (tertiary alicyclic amines) is 1. The largest absolute Gasteiger partial charge is 0.481 e. The molecule has 1 aliphatic rings. The summed E-state index contributed by atoms with van der Waals surface area (Å²) < 4.78 is 0. The SMILES string of the molecule is CC1CCC(C(=O)O)CN1Cc1cc(Cl)cc2cccnc12. The first kappa shape index (κ1) is 15.3. The van der Waals surface area contributed by atoms with Crippen LogP contribution in [0.3, 0.4) is 0 Å². The minimum absolute atomic E-state index is 0.283. The lowest BCUT2D eigenvalue weighted by Gasteiger charge is -2.36. The van der Waals surface area contributed by atoms with Crippen LogP contribution in [0.4, 0.5) is 0 Å². The average molecular weight is 319 g/mol. The van der Waals surface area contributed by atoms with Crippen molar-refractivity contribution in [1.82, 2.24) is 9.88 Å². The number of fused-ring (bicyclic) bond motifs is 1. The maximum atomic E-state index is 11.3. The van der Waals surface area contributed by atoms with E-state index in [0.29, 0.717) is 24.2 Å². The molecular weight excluding hydrogens is 300 g/mol. The molecule has 116 valence electrons. The molecule has 1 aliphatic heterocycles. The molecule has 1 aromatic heterocycles. The average Bonchev–Trinajstić information content (AvgIpc) is 2.49. The monoisotopic (exact) mass is 318 g/mol. The lowest BCUT2D eigenvalue weighted by Crippen LogP contribution is -2.43. The standard InChI is InChI=1S/C17H19ClN2O2/c1-11-4-5-13(17(21)22)9-20(11)10-14-8-15(18)7-12-3-2-6-19-16(12)14/h2-3,6-8,11,13H,4-5,9-10H2,1H3,(H,21,22). The Balaban J connectivity index is 1.90. The molecule has 4 nitrogen and oxygen atoms in total. The maximum absolute atomic E-state index is 11.3. The zero-order valence-corrected chi connectivity index (χ0v) is 13.3. The smallest absolute Gasteiger partial charge is 0.307 e. The summed E-state index contributed by atoms with van der Waals surface area (Å²) in [7, 11) is 0. The van der Waals surface area contributed by atoms with Crippen LogP contribution in [0.5, 0.6) is 0 Å². The van der Waals surface area contributed by atoms with Crippen LogP contribution in [0.15, 0.2) is 30.5 Å². The molecule has 0 amide bonds. The minimum Gasteiger partial charge on any atom is -0.481 e. The molecule has 2 heterocycles. The van der Waals surface area contributed by atoms with Crippen molar-refractivity contribution in [2.75, 3.05) is 6.54 Å². The minimum atomic E-state index is -0.703. The number of hydrogen-bond acceptors (Lipinski definition) is 3. The molecule has 2 unspecified atom stereocenters. The van der Waals surface area contributed by atoms with Crippen LogP contribution in [-0.4, -0.2) is 33.5 Å². The summed E-state index contributed by atoms with van der Waals surface area (Å²) >= 11 is 6.22. The maximum Gasteiger partial charge on any atom is 0.307 e. The quantitative estimate of drug-likeness (QED) is 0.940. The normalized spacial score (nSPS) is 22.8. The lowest BCUT2D eigenvalue weighted by atomic mass is 9.93. The highest BCUT2D eigenvalue weighted by molar-refractivity contribution is 6.31. The van der Waals surface area contributed by atoms with Gasteiger partial charge in [-0.3, -0.25) is 14.7 Å². The van der Waals surface area contributed by atoms with E-state index in [9.17, 15) is 9.90 Å². The molecular formula is C17H19ClN2O2. The highest BCUT2D eigenvalue weighted by atomic mass is 35.5. The summed E-state index contributed by atoms with van der Waals surface area (Å²) in [6, 6.07) is 8.11. The van der Waals surface area contributed by atoms with E-state index >= 15 is 0 Å². The van der Waals surface area contributed by atoms with Crippen molar-refractivity contribution in [1.29, 1.82) is 0 Å². The first-order valence-electron chi connectivity index (χ1n) is 7.54. The number of aromatic nitrogens is 1. The van der Waals surface area contributed by atoms with Crippen LogP contribution in [0.25, 0.3) is 10.9 Å². The second-order valence-electron chi connectivity index (χ2n) is 6.03. The van der Waals surface area contributed by atoms with Crippen molar-refractivity contribution in [2.45, 2.75) is 32.4 Å². The molecule has 1 saturated heterocycles. The van der Waals surface area contributed by atoms with Crippen molar-refractivity contribution < 1.29 is 9.90 Å². The van der Waals surface area contributed by atoms with Gasteiger partial charge in [-0.1, -0.05) is 17.7 Å². The molecule has 1 fully saturated rings. The molecule has 1 aromatic carbocycles. The molecule has 0 radical (unpaired) electrons. The first-order chi connectivity index (χ1) is 10.5. The van der Waals surface area contributed by atoms with Crippen LogP contribution in [-0.2, 0) is 11.3 Å². The molecule has 1 N–H and O–H groups in total. The van der Waals surface area contributed by atoms with Crippen molar-refractivity contribution in [2.24, 2.45) is 5.92 Å². The molecule has 2 aromatic rings. The van der Waals surface area contributed by atoms with Gasteiger partial charge in [0.2, 0.25) is 0 Å². The summed E-state index contributed by atoms with van der Waals surface area (Å²) in [4.78, 5) is 18.0. The molecule has 0 aliphatic carbocycles. The van der Waals surface area contributed by atoms with E-state index < -0.39 is 5.97 Å². The Hall–Kier alpha value is -1.65. The Morgan fingerprint density at radius 3 is 3.05 bits per heavy atom. The van der Waals surface area contributed by atoms with Crippen LogP contribution < -0.4 is 0 Å². The van der Waals surface area contributed by atoms with E-state index in [0.717, 1.165) is 29.3 Å². The van der Waals surface area contributed by atoms with Crippen LogP contribution in [0.2, 0.25) is 5.02 Å². The Morgan fingerprint density at radius 1 is 1.45 bits per heavy atom. The molecule has 2 atom stereocenters. The molecule has 3 rings (SSSR count). The third-order valence-corrected chi connectivity index (χ3v) is 4.70. The molecule has 5 heteroatoms. The zero-order chi connectivity index (χ0) is 15.7. The van der Waals surface area contributed by atoms with Gasteiger partial charge in [-0.15, -0.1) is 0 Å². The number of carbonyl (C=O) groups is 1.